The average molecular weight is 302 g/mol. The summed E-state index contributed by atoms with van der Waals surface area (Å²) >= 11 is 0. The molecule has 22 heavy (non-hydrogen) atoms. The van der Waals surface area contributed by atoms with Crippen LogP contribution >= 0.6 is 0 Å². The summed E-state index contributed by atoms with van der Waals surface area (Å²) in [5.41, 5.74) is 0.350. The Balaban J connectivity index is 2.12. The topological polar surface area (TPSA) is 97.1 Å². The summed E-state index contributed by atoms with van der Waals surface area (Å²) in [5.74, 6) is -0.958. The first kappa shape index (κ1) is 15.7. The SMILES string of the molecule is CCCC[C@H](NC(=O)c1ccnc(-n2cccn2)c1)C(=O)O. The Bertz CT molecular complexity index is 640. The predicted octanol–water partition coefficient (Wildman–Crippen LogP) is 1.64. The van der Waals surface area contributed by atoms with E-state index in [9.17, 15) is 9.59 Å². The smallest absolute Gasteiger partial charge is 0.326 e. The molecule has 0 fully saturated rings. The van der Waals surface area contributed by atoms with Crippen molar-refractivity contribution in [2.24, 2.45) is 0 Å². The molecule has 2 aromatic rings. The van der Waals surface area contributed by atoms with Gasteiger partial charge in [0.25, 0.3) is 5.91 Å². The van der Waals surface area contributed by atoms with Gasteiger partial charge < -0.3 is 10.4 Å². The van der Waals surface area contributed by atoms with E-state index in [1.54, 1.807) is 30.6 Å². The highest BCUT2D eigenvalue weighted by molar-refractivity contribution is 5.96. The fourth-order valence-electron chi connectivity index (χ4n) is 2.00. The average Bonchev–Trinajstić information content (AvgIpc) is 3.05. The van der Waals surface area contributed by atoms with Crippen LogP contribution in [0.3, 0.4) is 0 Å². The molecule has 0 aliphatic rings. The molecular formula is C15H18N4O3. The van der Waals surface area contributed by atoms with Gasteiger partial charge in [-0.05, 0) is 24.6 Å². The number of nitrogens with one attached hydrogen (secondary N) is 1. The van der Waals surface area contributed by atoms with Crippen molar-refractivity contribution in [1.82, 2.24) is 20.1 Å². The number of aromatic nitrogens is 3. The van der Waals surface area contributed by atoms with E-state index < -0.39 is 17.9 Å². The summed E-state index contributed by atoms with van der Waals surface area (Å²) in [5, 5.41) is 15.7. The predicted molar refractivity (Wildman–Crippen MR) is 79.8 cm³/mol. The maximum atomic E-state index is 12.2. The number of hydrogen-bond donors (Lipinski definition) is 2. The molecule has 7 heteroatoms. The minimum atomic E-state index is -1.02. The number of hydrogen-bond acceptors (Lipinski definition) is 4. The molecule has 0 spiro atoms. The van der Waals surface area contributed by atoms with Crippen molar-refractivity contribution >= 4 is 11.9 Å². The number of carboxylic acids is 1. The first-order valence-electron chi connectivity index (χ1n) is 7.11. The third kappa shape index (κ3) is 3.91. The molecular weight excluding hydrogens is 284 g/mol. The van der Waals surface area contributed by atoms with E-state index in [0.717, 1.165) is 12.8 Å². The molecule has 0 radical (unpaired) electrons. The lowest BCUT2D eigenvalue weighted by Gasteiger charge is -2.14. The number of unbranched alkanes of at least 4 members (excludes halogenated alkanes) is 1. The molecule has 0 aromatic carbocycles. The quantitative estimate of drug-likeness (QED) is 0.810. The number of amides is 1. The van der Waals surface area contributed by atoms with Crippen LogP contribution in [-0.4, -0.2) is 37.8 Å². The third-order valence-electron chi connectivity index (χ3n) is 3.20. The zero-order valence-electron chi connectivity index (χ0n) is 12.3. The summed E-state index contributed by atoms with van der Waals surface area (Å²) in [6.07, 6.45) is 6.85. The second-order valence-electron chi connectivity index (χ2n) is 4.86. The van der Waals surface area contributed by atoms with Gasteiger partial charge in [-0.1, -0.05) is 19.8 Å². The van der Waals surface area contributed by atoms with Crippen LogP contribution in [0.4, 0.5) is 0 Å². The summed E-state index contributed by atoms with van der Waals surface area (Å²) in [7, 11) is 0. The number of pyridine rings is 1. The molecule has 2 rings (SSSR count). The van der Waals surface area contributed by atoms with Gasteiger partial charge in [-0.25, -0.2) is 14.5 Å². The van der Waals surface area contributed by atoms with Crippen LogP contribution in [0.2, 0.25) is 0 Å². The Hall–Kier alpha value is -2.70. The van der Waals surface area contributed by atoms with Crippen LogP contribution < -0.4 is 5.32 Å². The molecule has 2 aromatic heterocycles. The molecule has 0 saturated carbocycles. The number of carbonyl (C=O) groups excluding carboxylic acids is 1. The minimum absolute atomic E-state index is 0.350. The van der Waals surface area contributed by atoms with Crippen molar-refractivity contribution in [1.29, 1.82) is 0 Å². The van der Waals surface area contributed by atoms with Gasteiger partial charge in [0.05, 0.1) is 0 Å². The summed E-state index contributed by atoms with van der Waals surface area (Å²) < 4.78 is 1.53. The van der Waals surface area contributed by atoms with Crippen molar-refractivity contribution in [3.05, 3.63) is 42.4 Å². The molecule has 0 aliphatic heterocycles. The Labute approximate surface area is 128 Å². The Morgan fingerprint density at radius 1 is 1.41 bits per heavy atom. The number of carbonyl (C=O) groups is 2. The van der Waals surface area contributed by atoms with Crippen molar-refractivity contribution in [3.8, 4) is 5.82 Å². The third-order valence-corrected chi connectivity index (χ3v) is 3.20. The van der Waals surface area contributed by atoms with Crippen LogP contribution in [0, 0.1) is 0 Å². The van der Waals surface area contributed by atoms with E-state index in [1.807, 2.05) is 6.92 Å². The number of aliphatic carboxylic acids is 1. The number of carboxylic acid groups (broad SMARTS) is 1. The van der Waals surface area contributed by atoms with E-state index in [-0.39, 0.29) is 0 Å². The monoisotopic (exact) mass is 302 g/mol. The highest BCUT2D eigenvalue weighted by Gasteiger charge is 2.20. The van der Waals surface area contributed by atoms with Gasteiger partial charge in [-0.2, -0.15) is 5.10 Å². The van der Waals surface area contributed by atoms with Crippen LogP contribution in [-0.2, 0) is 4.79 Å². The Morgan fingerprint density at radius 2 is 2.23 bits per heavy atom. The molecule has 0 unspecified atom stereocenters. The van der Waals surface area contributed by atoms with Crippen molar-refractivity contribution in [2.45, 2.75) is 32.2 Å². The molecule has 0 bridgehead atoms. The lowest BCUT2D eigenvalue weighted by molar-refractivity contribution is -0.139. The van der Waals surface area contributed by atoms with E-state index in [2.05, 4.69) is 15.4 Å². The fourth-order valence-corrected chi connectivity index (χ4v) is 2.00. The van der Waals surface area contributed by atoms with Gasteiger partial charge in [0.1, 0.15) is 6.04 Å². The molecule has 1 atom stereocenters. The summed E-state index contributed by atoms with van der Waals surface area (Å²) in [6.45, 7) is 1.97. The Kier molecular flexibility index (Phi) is 5.24. The molecule has 0 saturated heterocycles. The van der Waals surface area contributed by atoms with Gasteiger partial charge >= 0.3 is 5.97 Å². The highest BCUT2D eigenvalue weighted by Crippen LogP contribution is 2.08. The molecule has 1 amide bonds. The van der Waals surface area contributed by atoms with Gasteiger partial charge in [0.15, 0.2) is 5.82 Å². The second-order valence-corrected chi connectivity index (χ2v) is 4.86. The lowest BCUT2D eigenvalue weighted by Crippen LogP contribution is -2.40. The summed E-state index contributed by atoms with van der Waals surface area (Å²) in [6, 6.07) is 3.98. The maximum Gasteiger partial charge on any atom is 0.326 e. The van der Waals surface area contributed by atoms with Gasteiger partial charge in [-0.3, -0.25) is 4.79 Å². The zero-order valence-corrected chi connectivity index (χ0v) is 12.3. The normalized spacial score (nSPS) is 11.9. The van der Waals surface area contributed by atoms with Gasteiger partial charge in [-0.15, -0.1) is 0 Å². The molecule has 0 aliphatic carbocycles. The van der Waals surface area contributed by atoms with Crippen molar-refractivity contribution < 1.29 is 14.7 Å². The first-order chi connectivity index (χ1) is 10.6. The Morgan fingerprint density at radius 3 is 2.86 bits per heavy atom. The number of rotatable bonds is 7. The minimum Gasteiger partial charge on any atom is -0.480 e. The fraction of sp³-hybridized carbons (Fsp3) is 0.333. The van der Waals surface area contributed by atoms with Crippen LogP contribution in [0.25, 0.3) is 5.82 Å². The zero-order chi connectivity index (χ0) is 15.9. The molecule has 2 heterocycles. The molecule has 116 valence electrons. The largest absolute Gasteiger partial charge is 0.480 e. The van der Waals surface area contributed by atoms with Crippen molar-refractivity contribution in [3.63, 3.8) is 0 Å². The van der Waals surface area contributed by atoms with Gasteiger partial charge in [0.2, 0.25) is 0 Å². The second kappa shape index (κ2) is 7.35. The highest BCUT2D eigenvalue weighted by atomic mass is 16.4. The lowest BCUT2D eigenvalue weighted by atomic mass is 10.1. The van der Waals surface area contributed by atoms with Crippen molar-refractivity contribution in [2.75, 3.05) is 0 Å². The van der Waals surface area contributed by atoms with E-state index in [4.69, 9.17) is 5.11 Å². The number of nitrogens with zero attached hydrogens (tertiary/aromatic N) is 3. The molecule has 2 N–H and O–H groups in total. The standard InChI is InChI=1S/C15H18N4O3/c1-2-3-5-12(15(21)22)18-14(20)11-6-8-16-13(10-11)19-9-4-7-17-19/h4,6-10,12H,2-3,5H2,1H3,(H,18,20)(H,21,22)/t12-/m0/s1. The van der Waals surface area contributed by atoms with Gasteiger partial charge in [0, 0.05) is 24.2 Å². The summed E-state index contributed by atoms with van der Waals surface area (Å²) in [4.78, 5) is 27.5. The molecule has 7 nitrogen and oxygen atoms in total. The van der Waals surface area contributed by atoms with Crippen LogP contribution in [0.5, 0.6) is 0 Å². The van der Waals surface area contributed by atoms with Crippen LogP contribution in [0.15, 0.2) is 36.8 Å². The van der Waals surface area contributed by atoms with Crippen LogP contribution in [0.1, 0.15) is 36.5 Å². The van der Waals surface area contributed by atoms with E-state index in [0.29, 0.717) is 17.8 Å². The maximum absolute atomic E-state index is 12.2. The first-order valence-corrected chi connectivity index (χ1v) is 7.11. The van der Waals surface area contributed by atoms with E-state index in [1.165, 1.54) is 10.9 Å². The van der Waals surface area contributed by atoms with E-state index >= 15 is 0 Å².